The van der Waals surface area contributed by atoms with Gasteiger partial charge in [-0.3, -0.25) is 0 Å². The number of piperidine rings is 1. The van der Waals surface area contributed by atoms with E-state index in [2.05, 4.69) is 10.0 Å². The van der Waals surface area contributed by atoms with Crippen LogP contribution in [0.5, 0.6) is 0 Å². The van der Waals surface area contributed by atoms with Crippen LogP contribution in [0.4, 0.5) is 17.6 Å². The summed E-state index contributed by atoms with van der Waals surface area (Å²) >= 11 is 0. The maximum Gasteiger partial charge on any atom is 0.246 e. The summed E-state index contributed by atoms with van der Waals surface area (Å²) in [6.07, 6.45) is 1.15. The average molecular weight is 370 g/mol. The zero-order valence-electron chi connectivity index (χ0n) is 13.0. The van der Waals surface area contributed by atoms with Gasteiger partial charge >= 0.3 is 0 Å². The summed E-state index contributed by atoms with van der Waals surface area (Å²) in [5.41, 5.74) is -0.564. The predicted octanol–water partition coefficient (Wildman–Crippen LogP) is 1.54. The van der Waals surface area contributed by atoms with E-state index >= 15 is 0 Å². The van der Waals surface area contributed by atoms with Crippen LogP contribution in [-0.2, 0) is 14.8 Å². The highest BCUT2D eigenvalue weighted by atomic mass is 32.2. The van der Waals surface area contributed by atoms with Crippen molar-refractivity contribution < 1.29 is 30.7 Å². The van der Waals surface area contributed by atoms with Crippen LogP contribution in [0.2, 0.25) is 0 Å². The van der Waals surface area contributed by atoms with E-state index in [0.717, 1.165) is 0 Å². The maximum atomic E-state index is 13.7. The summed E-state index contributed by atoms with van der Waals surface area (Å²) in [6, 6.07) is -0.0388. The van der Waals surface area contributed by atoms with Crippen molar-refractivity contribution in [2.45, 2.75) is 17.7 Å². The lowest BCUT2D eigenvalue weighted by atomic mass is 9.80. The third-order valence-electron chi connectivity index (χ3n) is 4.09. The number of benzene rings is 1. The van der Waals surface area contributed by atoms with Crippen molar-refractivity contribution in [3.8, 4) is 0 Å². The van der Waals surface area contributed by atoms with Crippen LogP contribution in [0.25, 0.3) is 0 Å². The fourth-order valence-corrected chi connectivity index (χ4v) is 4.05. The SMILES string of the molecule is COCC1(CNS(=O)(=O)c2c(F)c(F)cc(F)c2F)CCNCC1. The molecule has 0 spiro atoms. The second-order valence-corrected chi connectivity index (χ2v) is 7.51. The van der Waals surface area contributed by atoms with Crippen LogP contribution >= 0.6 is 0 Å². The number of methoxy groups -OCH3 is 1. The number of nitrogens with one attached hydrogen (secondary N) is 2. The quantitative estimate of drug-likeness (QED) is 0.589. The molecule has 1 aliphatic heterocycles. The van der Waals surface area contributed by atoms with Gasteiger partial charge in [-0.15, -0.1) is 0 Å². The van der Waals surface area contributed by atoms with Crippen molar-refractivity contribution >= 4 is 10.0 Å². The molecular formula is C14H18F4N2O3S. The first-order valence-electron chi connectivity index (χ1n) is 7.25. The van der Waals surface area contributed by atoms with E-state index in [1.54, 1.807) is 0 Å². The molecule has 0 bridgehead atoms. The summed E-state index contributed by atoms with van der Waals surface area (Å²) in [7, 11) is -3.32. The van der Waals surface area contributed by atoms with Crippen LogP contribution in [0, 0.1) is 28.7 Å². The highest BCUT2D eigenvalue weighted by Gasteiger charge is 2.36. The lowest BCUT2D eigenvalue weighted by Gasteiger charge is -2.37. The van der Waals surface area contributed by atoms with E-state index in [1.165, 1.54) is 7.11 Å². The molecule has 0 aromatic heterocycles. The fraction of sp³-hybridized carbons (Fsp3) is 0.571. The monoisotopic (exact) mass is 370 g/mol. The smallest absolute Gasteiger partial charge is 0.246 e. The molecule has 1 heterocycles. The molecule has 1 aliphatic rings. The van der Waals surface area contributed by atoms with Gasteiger partial charge < -0.3 is 10.1 Å². The number of hydrogen-bond acceptors (Lipinski definition) is 4. The lowest BCUT2D eigenvalue weighted by molar-refractivity contribution is 0.0577. The molecule has 24 heavy (non-hydrogen) atoms. The third-order valence-corrected chi connectivity index (χ3v) is 5.51. The normalized spacial score (nSPS) is 17.9. The van der Waals surface area contributed by atoms with Crippen molar-refractivity contribution in [2.24, 2.45) is 5.41 Å². The van der Waals surface area contributed by atoms with E-state index in [4.69, 9.17) is 4.74 Å². The summed E-state index contributed by atoms with van der Waals surface area (Å²) in [5, 5.41) is 3.11. The van der Waals surface area contributed by atoms with Gasteiger partial charge in [-0.1, -0.05) is 0 Å². The second-order valence-electron chi connectivity index (χ2n) is 5.80. The van der Waals surface area contributed by atoms with E-state index in [9.17, 15) is 26.0 Å². The summed E-state index contributed by atoms with van der Waals surface area (Å²) < 4.78 is 85.4. The Morgan fingerprint density at radius 2 is 1.71 bits per heavy atom. The van der Waals surface area contributed by atoms with Gasteiger partial charge in [-0.05, 0) is 25.9 Å². The molecule has 0 atom stereocenters. The van der Waals surface area contributed by atoms with Crippen molar-refractivity contribution in [1.82, 2.24) is 10.0 Å². The van der Waals surface area contributed by atoms with Crippen LogP contribution in [0.3, 0.4) is 0 Å². The molecule has 2 rings (SSSR count). The van der Waals surface area contributed by atoms with Crippen LogP contribution in [0.1, 0.15) is 12.8 Å². The largest absolute Gasteiger partial charge is 0.384 e. The van der Waals surface area contributed by atoms with Crippen molar-refractivity contribution in [3.63, 3.8) is 0 Å². The summed E-state index contributed by atoms with van der Waals surface area (Å²) in [4.78, 5) is -1.65. The van der Waals surface area contributed by atoms with Crippen molar-refractivity contribution in [3.05, 3.63) is 29.3 Å². The molecule has 1 aromatic carbocycles. The Bertz CT molecular complexity index is 675. The number of ether oxygens (including phenoxy) is 1. The number of rotatable bonds is 6. The fourth-order valence-electron chi connectivity index (χ4n) is 2.74. The van der Waals surface area contributed by atoms with Crippen molar-refractivity contribution in [1.29, 1.82) is 0 Å². The third kappa shape index (κ3) is 3.88. The van der Waals surface area contributed by atoms with E-state index < -0.39 is 43.6 Å². The van der Waals surface area contributed by atoms with Gasteiger partial charge in [0.05, 0.1) is 6.61 Å². The van der Waals surface area contributed by atoms with Gasteiger partial charge in [0.1, 0.15) is 0 Å². The minimum Gasteiger partial charge on any atom is -0.384 e. The Hall–Kier alpha value is -1.23. The van der Waals surface area contributed by atoms with Gasteiger partial charge in [0.2, 0.25) is 10.0 Å². The Balaban J connectivity index is 2.29. The van der Waals surface area contributed by atoms with E-state index in [-0.39, 0.29) is 19.2 Å². The highest BCUT2D eigenvalue weighted by molar-refractivity contribution is 7.89. The molecule has 1 saturated heterocycles. The number of sulfonamides is 1. The highest BCUT2D eigenvalue weighted by Crippen LogP contribution is 2.30. The zero-order chi connectivity index (χ0) is 18.0. The van der Waals surface area contributed by atoms with Crippen LogP contribution in [0.15, 0.2) is 11.0 Å². The Labute approximate surface area is 137 Å². The maximum absolute atomic E-state index is 13.7. The Kier molecular flexibility index (Phi) is 5.84. The molecule has 10 heteroatoms. The van der Waals surface area contributed by atoms with Gasteiger partial charge in [-0.2, -0.15) is 0 Å². The molecule has 0 unspecified atom stereocenters. The standard InChI is InChI=1S/C14H18F4N2O3S/c1-23-8-14(2-4-19-5-3-14)7-20-24(21,22)13-11(17)9(15)6-10(16)12(13)18/h6,19-20H,2-5,7-8H2,1H3. The molecule has 5 nitrogen and oxygen atoms in total. The Morgan fingerprint density at radius 1 is 1.17 bits per heavy atom. The number of hydrogen-bond donors (Lipinski definition) is 2. The average Bonchev–Trinajstić information content (AvgIpc) is 2.53. The molecule has 0 radical (unpaired) electrons. The molecule has 0 amide bonds. The predicted molar refractivity (Wildman–Crippen MR) is 77.9 cm³/mol. The number of halogens is 4. The van der Waals surface area contributed by atoms with Crippen molar-refractivity contribution in [2.75, 3.05) is 33.4 Å². The molecule has 0 saturated carbocycles. The van der Waals surface area contributed by atoms with Gasteiger partial charge in [0.25, 0.3) is 0 Å². The second kappa shape index (κ2) is 7.34. The van der Waals surface area contributed by atoms with E-state index in [1.807, 2.05) is 0 Å². The first kappa shape index (κ1) is 19.1. The minimum absolute atomic E-state index is 0.0388. The summed E-state index contributed by atoms with van der Waals surface area (Å²) in [6.45, 7) is 1.33. The molecule has 1 aromatic rings. The lowest BCUT2D eigenvalue weighted by Crippen LogP contribution is -2.47. The topological polar surface area (TPSA) is 67.4 Å². The first-order valence-corrected chi connectivity index (χ1v) is 8.73. The first-order chi connectivity index (χ1) is 11.2. The van der Waals surface area contributed by atoms with Gasteiger partial charge in [0.15, 0.2) is 28.2 Å². The van der Waals surface area contributed by atoms with Gasteiger partial charge in [-0.25, -0.2) is 30.7 Å². The van der Waals surface area contributed by atoms with Gasteiger partial charge in [0, 0.05) is 25.1 Å². The summed E-state index contributed by atoms with van der Waals surface area (Å²) in [5.74, 6) is -7.45. The molecule has 1 fully saturated rings. The van der Waals surface area contributed by atoms with E-state index in [0.29, 0.717) is 25.9 Å². The minimum atomic E-state index is -4.78. The zero-order valence-corrected chi connectivity index (χ0v) is 13.8. The van der Waals surface area contributed by atoms with Crippen LogP contribution in [-0.4, -0.2) is 41.8 Å². The molecular weight excluding hydrogens is 352 g/mol. The van der Waals surface area contributed by atoms with Crippen LogP contribution < -0.4 is 10.0 Å². The molecule has 136 valence electrons. The molecule has 0 aliphatic carbocycles. The molecule has 2 N–H and O–H groups in total. The Morgan fingerprint density at radius 3 is 2.21 bits per heavy atom.